The fourth-order valence-electron chi connectivity index (χ4n) is 1.61. The van der Waals surface area contributed by atoms with Crippen molar-refractivity contribution in [2.75, 3.05) is 18.1 Å². The molecule has 5 heteroatoms. The molecule has 2 heterocycles. The zero-order valence-electron chi connectivity index (χ0n) is 7.90. The lowest BCUT2D eigenvalue weighted by atomic mass is 10.3. The van der Waals surface area contributed by atoms with E-state index < -0.39 is 0 Å². The summed E-state index contributed by atoms with van der Waals surface area (Å²) in [5.41, 5.74) is 0. The zero-order valence-corrected chi connectivity index (χ0v) is 8.72. The molecule has 0 bridgehead atoms. The first-order valence-corrected chi connectivity index (χ1v) is 6.23. The lowest BCUT2D eigenvalue weighted by molar-refractivity contribution is 0.397. The van der Waals surface area contributed by atoms with E-state index in [9.17, 15) is 0 Å². The molecule has 1 N–H and O–H groups in total. The first-order chi connectivity index (χ1) is 6.93. The third-order valence-electron chi connectivity index (χ3n) is 2.60. The van der Waals surface area contributed by atoms with Gasteiger partial charge in [0.25, 0.3) is 0 Å². The lowest BCUT2D eigenvalue weighted by Gasteiger charge is -2.19. The maximum absolute atomic E-state index is 5.65. The zero-order chi connectivity index (χ0) is 9.38. The molecule has 1 aromatic rings. The minimum Gasteiger partial charge on any atom is -0.423 e. The monoisotopic (exact) mass is 211 g/mol. The molecule has 76 valence electrons. The van der Waals surface area contributed by atoms with Crippen molar-refractivity contribution >= 4 is 11.8 Å². The molecule has 1 aliphatic heterocycles. The van der Waals surface area contributed by atoms with Crippen LogP contribution < -0.4 is 5.32 Å². The van der Waals surface area contributed by atoms with Crippen molar-refractivity contribution in [1.82, 2.24) is 15.5 Å². The Kier molecular flexibility index (Phi) is 2.21. The maximum atomic E-state index is 5.65. The van der Waals surface area contributed by atoms with Crippen LogP contribution >= 0.6 is 11.8 Å². The van der Waals surface area contributed by atoms with Gasteiger partial charge in [-0.2, -0.15) is 11.8 Å². The maximum Gasteiger partial charge on any atom is 0.234 e. The van der Waals surface area contributed by atoms with Gasteiger partial charge in [0.05, 0.1) is 6.04 Å². The van der Waals surface area contributed by atoms with Gasteiger partial charge in [-0.15, -0.1) is 10.2 Å². The SMILES string of the molecule is C1CSCC(c2nnc(C3CC3)o2)N1. The number of rotatable bonds is 2. The number of thioether (sulfide) groups is 1. The second-order valence-electron chi connectivity index (χ2n) is 3.83. The highest BCUT2D eigenvalue weighted by Crippen LogP contribution is 2.39. The third kappa shape index (κ3) is 1.66. The van der Waals surface area contributed by atoms with Crippen LogP contribution in [-0.2, 0) is 0 Å². The molecule has 0 radical (unpaired) electrons. The van der Waals surface area contributed by atoms with Gasteiger partial charge in [-0.1, -0.05) is 0 Å². The van der Waals surface area contributed by atoms with Crippen molar-refractivity contribution in [3.8, 4) is 0 Å². The average Bonchev–Trinajstić information content (AvgIpc) is 2.98. The number of hydrogen-bond donors (Lipinski definition) is 1. The summed E-state index contributed by atoms with van der Waals surface area (Å²) in [7, 11) is 0. The summed E-state index contributed by atoms with van der Waals surface area (Å²) in [5.74, 6) is 4.41. The van der Waals surface area contributed by atoms with Gasteiger partial charge < -0.3 is 9.73 Å². The Hall–Kier alpha value is -0.550. The summed E-state index contributed by atoms with van der Waals surface area (Å²) < 4.78 is 5.65. The van der Waals surface area contributed by atoms with Gasteiger partial charge in [-0.05, 0) is 12.8 Å². The number of nitrogens with zero attached hydrogens (tertiary/aromatic N) is 2. The topological polar surface area (TPSA) is 51.0 Å². The molecule has 4 nitrogen and oxygen atoms in total. The Balaban J connectivity index is 1.74. The van der Waals surface area contributed by atoms with Crippen molar-refractivity contribution in [2.45, 2.75) is 24.8 Å². The second-order valence-corrected chi connectivity index (χ2v) is 4.98. The Morgan fingerprint density at radius 2 is 2.14 bits per heavy atom. The molecular weight excluding hydrogens is 198 g/mol. The van der Waals surface area contributed by atoms with E-state index in [-0.39, 0.29) is 6.04 Å². The summed E-state index contributed by atoms with van der Waals surface area (Å²) in [5, 5.41) is 11.6. The van der Waals surface area contributed by atoms with E-state index in [4.69, 9.17) is 4.42 Å². The molecule has 2 aliphatic rings. The Bertz CT molecular complexity index is 318. The predicted octanol–water partition coefficient (Wildman–Crippen LogP) is 1.32. The van der Waals surface area contributed by atoms with Crippen molar-refractivity contribution < 1.29 is 4.42 Å². The Labute approximate surface area is 86.8 Å². The van der Waals surface area contributed by atoms with E-state index in [1.54, 1.807) is 0 Å². The predicted molar refractivity (Wildman–Crippen MR) is 54.3 cm³/mol. The van der Waals surface area contributed by atoms with Gasteiger partial charge in [0.2, 0.25) is 11.8 Å². The largest absolute Gasteiger partial charge is 0.423 e. The molecule has 1 unspecified atom stereocenters. The van der Waals surface area contributed by atoms with Gasteiger partial charge in [0, 0.05) is 24.0 Å². The van der Waals surface area contributed by atoms with Gasteiger partial charge in [0.1, 0.15) is 0 Å². The molecule has 1 saturated carbocycles. The van der Waals surface area contributed by atoms with Gasteiger partial charge in [0.15, 0.2) is 0 Å². The first kappa shape index (κ1) is 8.73. The number of nitrogens with one attached hydrogen (secondary N) is 1. The molecule has 0 spiro atoms. The van der Waals surface area contributed by atoms with Crippen LogP contribution in [0.3, 0.4) is 0 Å². The highest BCUT2D eigenvalue weighted by Gasteiger charge is 2.30. The molecule has 1 aliphatic carbocycles. The first-order valence-electron chi connectivity index (χ1n) is 5.08. The van der Waals surface area contributed by atoms with E-state index >= 15 is 0 Å². The van der Waals surface area contributed by atoms with Crippen molar-refractivity contribution in [2.24, 2.45) is 0 Å². The van der Waals surface area contributed by atoms with E-state index in [1.165, 1.54) is 18.6 Å². The van der Waals surface area contributed by atoms with Crippen LogP contribution in [0, 0.1) is 0 Å². The van der Waals surface area contributed by atoms with Gasteiger partial charge >= 0.3 is 0 Å². The van der Waals surface area contributed by atoms with Crippen LogP contribution in [0.25, 0.3) is 0 Å². The molecular formula is C9H13N3OS. The fraction of sp³-hybridized carbons (Fsp3) is 0.778. The second kappa shape index (κ2) is 3.55. The summed E-state index contributed by atoms with van der Waals surface area (Å²) in [6.07, 6.45) is 2.43. The Morgan fingerprint density at radius 1 is 1.29 bits per heavy atom. The number of hydrogen-bond acceptors (Lipinski definition) is 5. The molecule has 0 amide bonds. The minimum atomic E-state index is 0.272. The summed E-state index contributed by atoms with van der Waals surface area (Å²) in [6, 6.07) is 0.272. The van der Waals surface area contributed by atoms with Crippen LogP contribution in [0.2, 0.25) is 0 Å². The number of aromatic nitrogens is 2. The van der Waals surface area contributed by atoms with Crippen LogP contribution in [0.1, 0.15) is 36.6 Å². The molecule has 1 saturated heterocycles. The summed E-state index contributed by atoms with van der Waals surface area (Å²) in [4.78, 5) is 0. The summed E-state index contributed by atoms with van der Waals surface area (Å²) >= 11 is 1.94. The van der Waals surface area contributed by atoms with E-state index in [0.717, 1.165) is 24.1 Å². The van der Waals surface area contributed by atoms with Crippen LogP contribution in [-0.4, -0.2) is 28.2 Å². The van der Waals surface area contributed by atoms with Gasteiger partial charge in [-0.25, -0.2) is 0 Å². The Morgan fingerprint density at radius 3 is 2.86 bits per heavy atom. The fourth-order valence-corrected chi connectivity index (χ4v) is 2.53. The van der Waals surface area contributed by atoms with Crippen molar-refractivity contribution in [1.29, 1.82) is 0 Å². The molecule has 1 atom stereocenters. The average molecular weight is 211 g/mol. The molecule has 14 heavy (non-hydrogen) atoms. The smallest absolute Gasteiger partial charge is 0.234 e. The summed E-state index contributed by atoms with van der Waals surface area (Å²) in [6.45, 7) is 1.04. The van der Waals surface area contributed by atoms with Gasteiger partial charge in [-0.3, -0.25) is 0 Å². The minimum absolute atomic E-state index is 0.272. The van der Waals surface area contributed by atoms with E-state index in [0.29, 0.717) is 5.92 Å². The molecule has 2 fully saturated rings. The molecule has 0 aromatic carbocycles. The third-order valence-corrected chi connectivity index (χ3v) is 3.66. The van der Waals surface area contributed by atoms with E-state index in [2.05, 4.69) is 15.5 Å². The van der Waals surface area contributed by atoms with Crippen molar-refractivity contribution in [3.63, 3.8) is 0 Å². The lowest BCUT2D eigenvalue weighted by Crippen LogP contribution is -2.30. The quantitative estimate of drug-likeness (QED) is 0.799. The molecule has 1 aromatic heterocycles. The molecule has 3 rings (SSSR count). The van der Waals surface area contributed by atoms with Crippen LogP contribution in [0.15, 0.2) is 4.42 Å². The van der Waals surface area contributed by atoms with Crippen LogP contribution in [0.4, 0.5) is 0 Å². The normalized spacial score (nSPS) is 27.9. The van der Waals surface area contributed by atoms with Crippen LogP contribution in [0.5, 0.6) is 0 Å². The highest BCUT2D eigenvalue weighted by atomic mass is 32.2. The highest BCUT2D eigenvalue weighted by molar-refractivity contribution is 7.99. The van der Waals surface area contributed by atoms with Crippen molar-refractivity contribution in [3.05, 3.63) is 11.8 Å². The standard InChI is InChI=1S/C9H13N3OS/c1-2-6(1)8-11-12-9(13-8)7-5-14-4-3-10-7/h6-7,10H,1-5H2. The van der Waals surface area contributed by atoms with E-state index in [1.807, 2.05) is 11.8 Å².